The molecular formula is C10H8ClN5O2S. The SMILES string of the molecule is CSc1nc(N)nc(-c2ccc(Cl)cc2[N+](=O)[O-])n1. The summed E-state index contributed by atoms with van der Waals surface area (Å²) in [5.74, 6) is 0.166. The number of nitro groups is 1. The Morgan fingerprint density at radius 2 is 2.11 bits per heavy atom. The van der Waals surface area contributed by atoms with Crippen molar-refractivity contribution in [2.45, 2.75) is 5.16 Å². The largest absolute Gasteiger partial charge is 0.368 e. The summed E-state index contributed by atoms with van der Waals surface area (Å²) in [5, 5.41) is 11.7. The summed E-state index contributed by atoms with van der Waals surface area (Å²) in [5.41, 5.74) is 5.63. The normalized spacial score (nSPS) is 10.4. The van der Waals surface area contributed by atoms with Gasteiger partial charge in [0.05, 0.1) is 10.5 Å². The molecule has 2 N–H and O–H groups in total. The first-order valence-electron chi connectivity index (χ1n) is 5.01. The summed E-state index contributed by atoms with van der Waals surface area (Å²) < 4.78 is 0. The van der Waals surface area contributed by atoms with E-state index in [9.17, 15) is 10.1 Å². The number of nitrogens with zero attached hydrogens (tertiary/aromatic N) is 4. The van der Waals surface area contributed by atoms with Crippen LogP contribution in [-0.4, -0.2) is 26.1 Å². The second kappa shape index (κ2) is 5.37. The highest BCUT2D eigenvalue weighted by Crippen LogP contribution is 2.30. The number of anilines is 1. The van der Waals surface area contributed by atoms with Crippen LogP contribution in [-0.2, 0) is 0 Å². The number of nitro benzene ring substituents is 1. The van der Waals surface area contributed by atoms with Crippen molar-refractivity contribution in [3.63, 3.8) is 0 Å². The first-order valence-corrected chi connectivity index (χ1v) is 6.61. The number of nitrogen functional groups attached to an aromatic ring is 1. The van der Waals surface area contributed by atoms with E-state index in [0.717, 1.165) is 0 Å². The molecular weight excluding hydrogens is 290 g/mol. The van der Waals surface area contributed by atoms with Crippen LogP contribution in [0.2, 0.25) is 5.02 Å². The van der Waals surface area contributed by atoms with Crippen molar-refractivity contribution >= 4 is 35.0 Å². The molecule has 19 heavy (non-hydrogen) atoms. The Labute approximate surface area is 117 Å². The molecule has 0 unspecified atom stereocenters. The maximum absolute atomic E-state index is 11.0. The molecule has 0 fully saturated rings. The molecule has 2 aromatic rings. The van der Waals surface area contributed by atoms with Crippen molar-refractivity contribution in [3.05, 3.63) is 33.3 Å². The molecule has 1 aromatic heterocycles. The van der Waals surface area contributed by atoms with Gasteiger partial charge in [-0.25, -0.2) is 4.98 Å². The summed E-state index contributed by atoms with van der Waals surface area (Å²) in [6.07, 6.45) is 1.77. The van der Waals surface area contributed by atoms with Gasteiger partial charge in [-0.05, 0) is 18.4 Å². The molecule has 0 aliphatic carbocycles. The maximum atomic E-state index is 11.0. The number of nitrogens with two attached hydrogens (primary N) is 1. The predicted octanol–water partition coefficient (Wildman–Crippen LogP) is 2.40. The summed E-state index contributed by atoms with van der Waals surface area (Å²) >= 11 is 7.02. The monoisotopic (exact) mass is 297 g/mol. The molecule has 0 bridgehead atoms. The topological polar surface area (TPSA) is 108 Å². The molecule has 0 saturated heterocycles. The second-order valence-electron chi connectivity index (χ2n) is 3.42. The van der Waals surface area contributed by atoms with E-state index in [4.69, 9.17) is 17.3 Å². The van der Waals surface area contributed by atoms with Crippen LogP contribution in [0.4, 0.5) is 11.6 Å². The lowest BCUT2D eigenvalue weighted by Gasteiger charge is -2.04. The van der Waals surface area contributed by atoms with Gasteiger partial charge in [0.1, 0.15) is 0 Å². The van der Waals surface area contributed by atoms with Gasteiger partial charge in [0, 0.05) is 11.1 Å². The number of hydrogen-bond donors (Lipinski definition) is 1. The predicted molar refractivity (Wildman–Crippen MR) is 73.1 cm³/mol. The highest BCUT2D eigenvalue weighted by atomic mass is 35.5. The lowest BCUT2D eigenvalue weighted by molar-refractivity contribution is -0.384. The minimum absolute atomic E-state index is 0.0126. The highest BCUT2D eigenvalue weighted by Gasteiger charge is 2.19. The Hall–Kier alpha value is -1.93. The van der Waals surface area contributed by atoms with Gasteiger partial charge in [0.15, 0.2) is 11.0 Å². The van der Waals surface area contributed by atoms with E-state index >= 15 is 0 Å². The number of thioether (sulfide) groups is 1. The first kappa shape index (κ1) is 13.5. The van der Waals surface area contributed by atoms with Gasteiger partial charge >= 0.3 is 0 Å². The van der Waals surface area contributed by atoms with E-state index < -0.39 is 4.92 Å². The van der Waals surface area contributed by atoms with Crippen LogP contribution in [0, 0.1) is 10.1 Å². The highest BCUT2D eigenvalue weighted by molar-refractivity contribution is 7.98. The molecule has 0 aliphatic rings. The average molecular weight is 298 g/mol. The van der Waals surface area contributed by atoms with Gasteiger partial charge in [0.2, 0.25) is 5.95 Å². The fraction of sp³-hybridized carbons (Fsp3) is 0.100. The van der Waals surface area contributed by atoms with Crippen LogP contribution in [0.5, 0.6) is 0 Å². The molecule has 98 valence electrons. The third kappa shape index (κ3) is 2.91. The standard InChI is InChI=1S/C10H8ClN5O2S/c1-19-10-14-8(13-9(12)15-10)6-3-2-5(11)4-7(6)16(17)18/h2-4H,1H3,(H2,12,13,14,15). The van der Waals surface area contributed by atoms with E-state index in [1.165, 1.54) is 30.0 Å². The summed E-state index contributed by atoms with van der Waals surface area (Å²) in [4.78, 5) is 22.4. The van der Waals surface area contributed by atoms with E-state index in [1.54, 1.807) is 6.26 Å². The number of halogens is 1. The van der Waals surface area contributed by atoms with Gasteiger partial charge in [-0.2, -0.15) is 9.97 Å². The molecule has 0 atom stereocenters. The van der Waals surface area contributed by atoms with Crippen LogP contribution in [0.3, 0.4) is 0 Å². The number of aromatic nitrogens is 3. The van der Waals surface area contributed by atoms with Gasteiger partial charge < -0.3 is 5.73 Å². The van der Waals surface area contributed by atoms with Gasteiger partial charge in [-0.15, -0.1) is 0 Å². The average Bonchev–Trinajstić information content (AvgIpc) is 2.37. The lowest BCUT2D eigenvalue weighted by Crippen LogP contribution is -2.02. The molecule has 0 amide bonds. The van der Waals surface area contributed by atoms with Crippen molar-refractivity contribution in [1.29, 1.82) is 0 Å². The molecule has 7 nitrogen and oxygen atoms in total. The zero-order valence-corrected chi connectivity index (χ0v) is 11.3. The summed E-state index contributed by atoms with van der Waals surface area (Å²) in [6, 6.07) is 4.26. The Kier molecular flexibility index (Phi) is 3.82. The zero-order chi connectivity index (χ0) is 14.0. The molecule has 0 radical (unpaired) electrons. The van der Waals surface area contributed by atoms with Crippen LogP contribution >= 0.6 is 23.4 Å². The Bertz CT molecular complexity index is 652. The summed E-state index contributed by atoms with van der Waals surface area (Å²) in [7, 11) is 0. The van der Waals surface area contributed by atoms with Crippen molar-refractivity contribution in [2.24, 2.45) is 0 Å². The number of hydrogen-bond acceptors (Lipinski definition) is 7. The van der Waals surface area contributed by atoms with Crippen molar-refractivity contribution < 1.29 is 4.92 Å². The first-order chi connectivity index (χ1) is 9.01. The molecule has 0 saturated carbocycles. The minimum Gasteiger partial charge on any atom is -0.368 e. The van der Waals surface area contributed by atoms with E-state index in [0.29, 0.717) is 5.16 Å². The fourth-order valence-corrected chi connectivity index (χ4v) is 1.96. The Morgan fingerprint density at radius 3 is 2.74 bits per heavy atom. The number of benzene rings is 1. The fourth-order valence-electron chi connectivity index (χ4n) is 1.43. The molecule has 0 aliphatic heterocycles. The van der Waals surface area contributed by atoms with Crippen molar-refractivity contribution in [2.75, 3.05) is 12.0 Å². The third-order valence-electron chi connectivity index (χ3n) is 2.21. The van der Waals surface area contributed by atoms with E-state index in [2.05, 4.69) is 15.0 Å². The molecule has 1 aromatic carbocycles. The van der Waals surface area contributed by atoms with E-state index in [1.807, 2.05) is 0 Å². The zero-order valence-electron chi connectivity index (χ0n) is 9.70. The second-order valence-corrected chi connectivity index (χ2v) is 4.63. The van der Waals surface area contributed by atoms with Gasteiger partial charge in [-0.1, -0.05) is 23.4 Å². The molecule has 1 heterocycles. The summed E-state index contributed by atoms with van der Waals surface area (Å²) in [6.45, 7) is 0. The number of rotatable bonds is 3. The van der Waals surface area contributed by atoms with Crippen LogP contribution in [0.1, 0.15) is 0 Å². The Balaban J connectivity index is 2.64. The molecule has 2 rings (SSSR count). The van der Waals surface area contributed by atoms with Crippen LogP contribution in [0.15, 0.2) is 23.4 Å². The van der Waals surface area contributed by atoms with Crippen LogP contribution in [0.25, 0.3) is 11.4 Å². The quantitative estimate of drug-likeness (QED) is 0.526. The third-order valence-corrected chi connectivity index (χ3v) is 2.99. The molecule has 9 heteroatoms. The van der Waals surface area contributed by atoms with Crippen LogP contribution < -0.4 is 5.73 Å². The van der Waals surface area contributed by atoms with Gasteiger partial charge in [0.25, 0.3) is 5.69 Å². The smallest absolute Gasteiger partial charge is 0.281 e. The Morgan fingerprint density at radius 1 is 1.37 bits per heavy atom. The lowest BCUT2D eigenvalue weighted by atomic mass is 10.1. The van der Waals surface area contributed by atoms with Gasteiger partial charge in [-0.3, -0.25) is 10.1 Å². The van der Waals surface area contributed by atoms with Crippen molar-refractivity contribution in [3.8, 4) is 11.4 Å². The minimum atomic E-state index is -0.542. The van der Waals surface area contributed by atoms with E-state index in [-0.39, 0.29) is 28.0 Å². The molecule has 0 spiro atoms. The maximum Gasteiger partial charge on any atom is 0.281 e. The van der Waals surface area contributed by atoms with Crippen molar-refractivity contribution in [1.82, 2.24) is 15.0 Å².